The number of H-pyrrole nitrogens is 1. The summed E-state index contributed by atoms with van der Waals surface area (Å²) in [7, 11) is 0. The molecule has 4 rings (SSSR count). The monoisotopic (exact) mass is 408 g/mol. The van der Waals surface area contributed by atoms with Gasteiger partial charge in [-0.2, -0.15) is 18.3 Å². The normalized spacial score (nSPS) is 11.4. The largest absolute Gasteiger partial charge is 0.416 e. The van der Waals surface area contributed by atoms with Crippen LogP contribution in [-0.2, 0) is 6.18 Å². The highest BCUT2D eigenvalue weighted by Crippen LogP contribution is 2.35. The molecule has 150 valence electrons. The van der Waals surface area contributed by atoms with E-state index in [1.165, 1.54) is 12.1 Å². The summed E-state index contributed by atoms with van der Waals surface area (Å²) in [5.74, 6) is -0.434. The average molecular weight is 408 g/mol. The van der Waals surface area contributed by atoms with Gasteiger partial charge in [-0.3, -0.25) is 9.89 Å². The number of amides is 1. The van der Waals surface area contributed by atoms with Crippen molar-refractivity contribution in [2.75, 3.05) is 0 Å². The van der Waals surface area contributed by atoms with Crippen molar-refractivity contribution in [2.45, 2.75) is 6.18 Å². The highest BCUT2D eigenvalue weighted by Gasteiger charge is 2.30. The summed E-state index contributed by atoms with van der Waals surface area (Å²) in [6, 6.07) is 19.8. The van der Waals surface area contributed by atoms with Crippen molar-refractivity contribution in [3.63, 3.8) is 0 Å². The van der Waals surface area contributed by atoms with Gasteiger partial charge in [-0.25, -0.2) is 4.98 Å². The molecule has 3 aromatic carbocycles. The van der Waals surface area contributed by atoms with E-state index in [0.717, 1.165) is 28.8 Å². The lowest BCUT2D eigenvalue weighted by molar-refractivity contribution is -0.137. The lowest BCUT2D eigenvalue weighted by atomic mass is 9.93. The summed E-state index contributed by atoms with van der Waals surface area (Å²) in [6.07, 6.45) is -4.38. The zero-order chi connectivity index (χ0) is 21.3. The van der Waals surface area contributed by atoms with Crippen molar-refractivity contribution >= 4 is 5.91 Å². The van der Waals surface area contributed by atoms with Crippen molar-refractivity contribution in [1.29, 1.82) is 0 Å². The van der Waals surface area contributed by atoms with E-state index < -0.39 is 17.6 Å². The highest BCUT2D eigenvalue weighted by molar-refractivity contribution is 5.89. The number of benzene rings is 3. The number of carbonyl (C=O) groups excluding carboxylic acids is 1. The molecule has 0 fully saturated rings. The van der Waals surface area contributed by atoms with Crippen molar-refractivity contribution in [3.8, 4) is 33.6 Å². The second-order valence-electron chi connectivity index (χ2n) is 6.57. The van der Waals surface area contributed by atoms with Gasteiger partial charge in [-0.1, -0.05) is 54.6 Å². The number of nitrogens with zero attached hydrogens (tertiary/aromatic N) is 2. The van der Waals surface area contributed by atoms with E-state index in [4.69, 9.17) is 5.73 Å². The molecule has 0 saturated carbocycles. The Hall–Kier alpha value is -3.94. The number of carbonyl (C=O) groups is 1. The summed E-state index contributed by atoms with van der Waals surface area (Å²) in [5, 5.41) is 6.50. The van der Waals surface area contributed by atoms with Crippen LogP contribution < -0.4 is 5.73 Å². The van der Waals surface area contributed by atoms with Gasteiger partial charge >= 0.3 is 6.18 Å². The molecular weight excluding hydrogens is 393 g/mol. The van der Waals surface area contributed by atoms with Gasteiger partial charge in [0.05, 0.1) is 5.56 Å². The van der Waals surface area contributed by atoms with Crippen LogP contribution in [0.25, 0.3) is 33.6 Å². The third-order valence-electron chi connectivity index (χ3n) is 4.60. The Morgan fingerprint density at radius 1 is 0.833 bits per heavy atom. The van der Waals surface area contributed by atoms with Crippen molar-refractivity contribution < 1.29 is 18.0 Å². The fourth-order valence-electron chi connectivity index (χ4n) is 3.15. The van der Waals surface area contributed by atoms with Gasteiger partial charge in [0, 0.05) is 5.56 Å². The number of alkyl halides is 3. The minimum atomic E-state index is -4.38. The van der Waals surface area contributed by atoms with E-state index >= 15 is 0 Å². The maximum atomic E-state index is 12.9. The molecule has 5 nitrogen and oxygen atoms in total. The fraction of sp³-hybridized carbons (Fsp3) is 0.0455. The SMILES string of the molecule is NC(=O)c1nc(-c2cccc(-c3ccccc3-c3ccc(C(F)(F)F)cc3)c2)n[nH]1. The molecule has 1 heterocycles. The van der Waals surface area contributed by atoms with Crippen LogP contribution in [0.1, 0.15) is 16.2 Å². The van der Waals surface area contributed by atoms with Crippen LogP contribution in [-0.4, -0.2) is 21.1 Å². The molecule has 0 atom stereocenters. The van der Waals surface area contributed by atoms with E-state index in [1.807, 2.05) is 42.5 Å². The third-order valence-corrected chi connectivity index (χ3v) is 4.60. The van der Waals surface area contributed by atoms with Gasteiger partial charge < -0.3 is 5.73 Å². The Morgan fingerprint density at radius 3 is 2.07 bits per heavy atom. The van der Waals surface area contributed by atoms with Crippen LogP contribution in [0.4, 0.5) is 13.2 Å². The molecular formula is C22H15F3N4O. The molecule has 1 amide bonds. The van der Waals surface area contributed by atoms with Gasteiger partial charge in [-0.15, -0.1) is 0 Å². The molecule has 0 bridgehead atoms. The van der Waals surface area contributed by atoms with Crippen molar-refractivity contribution in [3.05, 3.63) is 84.2 Å². The fourth-order valence-corrected chi connectivity index (χ4v) is 3.15. The van der Waals surface area contributed by atoms with Crippen molar-refractivity contribution in [2.24, 2.45) is 5.73 Å². The predicted molar refractivity (Wildman–Crippen MR) is 106 cm³/mol. The minimum Gasteiger partial charge on any atom is -0.363 e. The number of hydrogen-bond donors (Lipinski definition) is 2. The number of halogens is 3. The first-order valence-electron chi connectivity index (χ1n) is 8.92. The summed E-state index contributed by atoms with van der Waals surface area (Å²) >= 11 is 0. The number of nitrogens with two attached hydrogens (primary N) is 1. The molecule has 0 saturated heterocycles. The molecule has 30 heavy (non-hydrogen) atoms. The molecule has 4 aromatic rings. The molecule has 0 unspecified atom stereocenters. The van der Waals surface area contributed by atoms with Crippen molar-refractivity contribution in [1.82, 2.24) is 15.2 Å². The molecule has 0 radical (unpaired) electrons. The number of aromatic nitrogens is 3. The summed E-state index contributed by atoms with van der Waals surface area (Å²) in [4.78, 5) is 15.3. The maximum absolute atomic E-state index is 12.9. The zero-order valence-electron chi connectivity index (χ0n) is 15.4. The van der Waals surface area contributed by atoms with Crippen LogP contribution >= 0.6 is 0 Å². The second-order valence-corrected chi connectivity index (χ2v) is 6.57. The maximum Gasteiger partial charge on any atom is 0.416 e. The quantitative estimate of drug-likeness (QED) is 0.502. The number of aromatic amines is 1. The number of primary amides is 1. The van der Waals surface area contributed by atoms with E-state index in [0.29, 0.717) is 17.0 Å². The first kappa shape index (κ1) is 19.4. The molecule has 0 aliphatic carbocycles. The second kappa shape index (κ2) is 7.47. The minimum absolute atomic E-state index is 0.0412. The number of hydrogen-bond acceptors (Lipinski definition) is 3. The third kappa shape index (κ3) is 3.80. The Kier molecular flexibility index (Phi) is 4.83. The molecule has 0 aliphatic rings. The average Bonchev–Trinajstić information content (AvgIpc) is 3.24. The van der Waals surface area contributed by atoms with Gasteiger partial charge in [-0.05, 0) is 40.5 Å². The van der Waals surface area contributed by atoms with E-state index in [1.54, 1.807) is 6.07 Å². The highest BCUT2D eigenvalue weighted by atomic mass is 19.4. The molecule has 8 heteroatoms. The lowest BCUT2D eigenvalue weighted by Crippen LogP contribution is -2.12. The lowest BCUT2D eigenvalue weighted by Gasteiger charge is -2.12. The van der Waals surface area contributed by atoms with Crippen LogP contribution in [0, 0.1) is 0 Å². The Morgan fingerprint density at radius 2 is 1.47 bits per heavy atom. The molecule has 0 aliphatic heterocycles. The molecule has 3 N–H and O–H groups in total. The zero-order valence-corrected chi connectivity index (χ0v) is 15.4. The van der Waals surface area contributed by atoms with E-state index in [2.05, 4.69) is 15.2 Å². The topological polar surface area (TPSA) is 84.7 Å². The summed E-state index contributed by atoms with van der Waals surface area (Å²) in [5.41, 5.74) is 8.29. The van der Waals surface area contributed by atoms with E-state index in [9.17, 15) is 18.0 Å². The number of nitrogens with one attached hydrogen (secondary N) is 1. The van der Waals surface area contributed by atoms with E-state index in [-0.39, 0.29) is 5.82 Å². The Labute approximate surface area is 169 Å². The smallest absolute Gasteiger partial charge is 0.363 e. The predicted octanol–water partition coefficient (Wildman–Crippen LogP) is 4.92. The van der Waals surface area contributed by atoms with Crippen LogP contribution in [0.5, 0.6) is 0 Å². The first-order valence-corrected chi connectivity index (χ1v) is 8.92. The van der Waals surface area contributed by atoms with Crippen LogP contribution in [0.15, 0.2) is 72.8 Å². The van der Waals surface area contributed by atoms with Crippen LogP contribution in [0.3, 0.4) is 0 Å². The number of rotatable bonds is 4. The Balaban J connectivity index is 1.75. The summed E-state index contributed by atoms with van der Waals surface area (Å²) < 4.78 is 38.6. The standard InChI is InChI=1S/C22H15F3N4O/c23-22(24,25)16-10-8-13(9-11-16)17-6-1-2-7-18(17)14-4-3-5-15(12-14)20-27-21(19(26)30)29-28-20/h1-12H,(H2,26,30)(H,27,28,29). The van der Waals surface area contributed by atoms with Crippen LogP contribution in [0.2, 0.25) is 0 Å². The van der Waals surface area contributed by atoms with Gasteiger partial charge in [0.1, 0.15) is 0 Å². The van der Waals surface area contributed by atoms with Gasteiger partial charge in [0.2, 0.25) is 5.82 Å². The van der Waals surface area contributed by atoms with Gasteiger partial charge in [0.15, 0.2) is 5.82 Å². The van der Waals surface area contributed by atoms with Gasteiger partial charge in [0.25, 0.3) is 5.91 Å². The molecule has 0 spiro atoms. The Bertz CT molecular complexity index is 1210. The first-order chi connectivity index (χ1) is 14.3. The summed E-state index contributed by atoms with van der Waals surface area (Å²) in [6.45, 7) is 0. The molecule has 1 aromatic heterocycles.